The van der Waals surface area contributed by atoms with Gasteiger partial charge in [-0.2, -0.15) is 0 Å². The Balaban J connectivity index is 2.45. The number of hydrogen-bond acceptors (Lipinski definition) is 1. The molecule has 0 saturated heterocycles. The van der Waals surface area contributed by atoms with Crippen molar-refractivity contribution in [2.75, 3.05) is 0 Å². The summed E-state index contributed by atoms with van der Waals surface area (Å²) in [5, 5.41) is 4.58. The van der Waals surface area contributed by atoms with Crippen LogP contribution in [-0.2, 0) is 0 Å². The second-order valence-electron chi connectivity index (χ2n) is 4.79. The van der Waals surface area contributed by atoms with Crippen LogP contribution in [0.4, 0.5) is 0 Å². The van der Waals surface area contributed by atoms with Crippen molar-refractivity contribution in [2.45, 2.75) is 13.8 Å². The molecule has 0 radical (unpaired) electrons. The lowest BCUT2D eigenvalue weighted by Crippen LogP contribution is -1.93. The number of carbonyl (C=O) groups excluding carboxylic acids is 1. The molecule has 0 spiro atoms. The lowest BCUT2D eigenvalue weighted by atomic mass is 9.97. The van der Waals surface area contributed by atoms with Gasteiger partial charge in [0.2, 0.25) is 0 Å². The van der Waals surface area contributed by atoms with Crippen molar-refractivity contribution in [3.8, 4) is 0 Å². The number of hydrogen-bond donors (Lipinski definition) is 0. The van der Waals surface area contributed by atoms with Gasteiger partial charge >= 0.3 is 0 Å². The van der Waals surface area contributed by atoms with Gasteiger partial charge in [-0.15, -0.1) is 0 Å². The third-order valence-corrected chi connectivity index (χ3v) is 3.37. The van der Waals surface area contributed by atoms with Crippen LogP contribution in [0.2, 0.25) is 0 Å². The highest BCUT2D eigenvalue weighted by molar-refractivity contribution is 6.10. The first-order chi connectivity index (χ1) is 8.65. The SMILES string of the molecule is CC(=O)c1cccc2cc3ccc(C)cc3cc12. The molecule has 0 heterocycles. The molecule has 3 aromatic rings. The fraction of sp³-hybridized carbons (Fsp3) is 0.118. The predicted molar refractivity (Wildman–Crippen MR) is 76.2 cm³/mol. The first-order valence-corrected chi connectivity index (χ1v) is 6.09. The van der Waals surface area contributed by atoms with E-state index in [2.05, 4.69) is 43.3 Å². The Morgan fingerprint density at radius 3 is 2.50 bits per heavy atom. The van der Waals surface area contributed by atoms with E-state index in [4.69, 9.17) is 0 Å². The summed E-state index contributed by atoms with van der Waals surface area (Å²) in [6.45, 7) is 3.70. The fourth-order valence-corrected chi connectivity index (χ4v) is 2.45. The zero-order valence-corrected chi connectivity index (χ0v) is 10.5. The van der Waals surface area contributed by atoms with E-state index in [0.717, 1.165) is 16.3 Å². The second-order valence-corrected chi connectivity index (χ2v) is 4.79. The molecule has 0 amide bonds. The molecule has 0 aromatic heterocycles. The maximum Gasteiger partial charge on any atom is 0.160 e. The number of rotatable bonds is 1. The van der Waals surface area contributed by atoms with E-state index in [1.165, 1.54) is 16.3 Å². The first-order valence-electron chi connectivity index (χ1n) is 6.09. The number of Topliss-reactive ketones (excluding diaryl/α,β-unsaturated/α-hetero) is 1. The highest BCUT2D eigenvalue weighted by atomic mass is 16.1. The zero-order chi connectivity index (χ0) is 12.7. The van der Waals surface area contributed by atoms with Crippen molar-refractivity contribution in [3.63, 3.8) is 0 Å². The van der Waals surface area contributed by atoms with E-state index in [-0.39, 0.29) is 5.78 Å². The summed E-state index contributed by atoms with van der Waals surface area (Å²) in [4.78, 5) is 11.7. The van der Waals surface area contributed by atoms with Crippen molar-refractivity contribution in [3.05, 3.63) is 59.7 Å². The molecule has 3 aromatic carbocycles. The molecule has 18 heavy (non-hydrogen) atoms. The van der Waals surface area contributed by atoms with Crippen LogP contribution in [0.1, 0.15) is 22.8 Å². The average Bonchev–Trinajstić information content (AvgIpc) is 2.35. The van der Waals surface area contributed by atoms with Gasteiger partial charge < -0.3 is 0 Å². The summed E-state index contributed by atoms with van der Waals surface area (Å²) in [7, 11) is 0. The first kappa shape index (κ1) is 11.0. The van der Waals surface area contributed by atoms with Crippen LogP contribution in [0.3, 0.4) is 0 Å². The molecule has 0 aliphatic heterocycles. The number of ketones is 1. The van der Waals surface area contributed by atoms with E-state index < -0.39 is 0 Å². The van der Waals surface area contributed by atoms with E-state index in [9.17, 15) is 4.79 Å². The molecule has 0 fully saturated rings. The topological polar surface area (TPSA) is 17.1 Å². The standard InChI is InChI=1S/C17H14O/c1-11-6-7-13-9-14-4-3-5-16(12(2)18)17(14)10-15(13)8-11/h3-10H,1-2H3. The van der Waals surface area contributed by atoms with Crippen LogP contribution in [0.25, 0.3) is 21.5 Å². The summed E-state index contributed by atoms with van der Waals surface area (Å²) in [5.74, 6) is 0.118. The summed E-state index contributed by atoms with van der Waals surface area (Å²) < 4.78 is 0. The molecule has 0 N–H and O–H groups in total. The van der Waals surface area contributed by atoms with Gasteiger partial charge in [-0.05, 0) is 47.5 Å². The van der Waals surface area contributed by atoms with Gasteiger partial charge in [0.1, 0.15) is 0 Å². The van der Waals surface area contributed by atoms with Crippen molar-refractivity contribution in [1.82, 2.24) is 0 Å². The van der Waals surface area contributed by atoms with Crippen LogP contribution in [0.15, 0.2) is 48.5 Å². The second kappa shape index (κ2) is 3.95. The minimum Gasteiger partial charge on any atom is -0.294 e. The van der Waals surface area contributed by atoms with Crippen LogP contribution in [0.5, 0.6) is 0 Å². The lowest BCUT2D eigenvalue weighted by molar-refractivity contribution is 0.101. The maximum atomic E-state index is 11.7. The Kier molecular flexibility index (Phi) is 2.41. The third-order valence-electron chi connectivity index (χ3n) is 3.37. The predicted octanol–water partition coefficient (Wildman–Crippen LogP) is 4.50. The monoisotopic (exact) mass is 234 g/mol. The molecule has 1 nitrogen and oxygen atoms in total. The van der Waals surface area contributed by atoms with Crippen LogP contribution in [-0.4, -0.2) is 5.78 Å². The summed E-state index contributed by atoms with van der Waals surface area (Å²) in [6, 6.07) is 16.6. The molecule has 3 rings (SSSR count). The molecule has 1 heteroatoms. The highest BCUT2D eigenvalue weighted by Crippen LogP contribution is 2.26. The molecule has 0 aliphatic carbocycles. The van der Waals surface area contributed by atoms with Gasteiger partial charge in [-0.25, -0.2) is 0 Å². The Hall–Kier alpha value is -2.15. The van der Waals surface area contributed by atoms with Gasteiger partial charge in [-0.1, -0.05) is 42.0 Å². The van der Waals surface area contributed by atoms with Crippen molar-refractivity contribution < 1.29 is 4.79 Å². The molecule has 0 bridgehead atoms. The Labute approximate surface area is 106 Å². The third kappa shape index (κ3) is 1.68. The maximum absolute atomic E-state index is 11.7. The van der Waals surface area contributed by atoms with E-state index >= 15 is 0 Å². The molecule has 0 atom stereocenters. The average molecular weight is 234 g/mol. The fourth-order valence-electron chi connectivity index (χ4n) is 2.45. The van der Waals surface area contributed by atoms with Gasteiger partial charge in [0, 0.05) is 5.56 Å². The van der Waals surface area contributed by atoms with Crippen molar-refractivity contribution in [1.29, 1.82) is 0 Å². The lowest BCUT2D eigenvalue weighted by Gasteiger charge is -2.06. The van der Waals surface area contributed by atoms with Gasteiger partial charge in [0.25, 0.3) is 0 Å². The van der Waals surface area contributed by atoms with E-state index in [1.807, 2.05) is 12.1 Å². The van der Waals surface area contributed by atoms with Gasteiger partial charge in [0.15, 0.2) is 5.78 Å². The normalized spacial score (nSPS) is 11.0. The largest absolute Gasteiger partial charge is 0.294 e. The van der Waals surface area contributed by atoms with Crippen LogP contribution in [0, 0.1) is 6.92 Å². The molecular weight excluding hydrogens is 220 g/mol. The minimum absolute atomic E-state index is 0.118. The molecular formula is C17H14O. The zero-order valence-electron chi connectivity index (χ0n) is 10.5. The van der Waals surface area contributed by atoms with Gasteiger partial charge in [0.05, 0.1) is 0 Å². The number of benzene rings is 3. The quantitative estimate of drug-likeness (QED) is 0.447. The molecule has 0 aliphatic rings. The summed E-state index contributed by atoms with van der Waals surface area (Å²) in [6.07, 6.45) is 0. The smallest absolute Gasteiger partial charge is 0.160 e. The molecule has 88 valence electrons. The van der Waals surface area contributed by atoms with E-state index in [0.29, 0.717) is 0 Å². The van der Waals surface area contributed by atoms with E-state index in [1.54, 1.807) is 6.92 Å². The van der Waals surface area contributed by atoms with Crippen LogP contribution < -0.4 is 0 Å². The number of aryl methyl sites for hydroxylation is 1. The highest BCUT2D eigenvalue weighted by Gasteiger charge is 2.06. The number of carbonyl (C=O) groups is 1. The minimum atomic E-state index is 0.118. The summed E-state index contributed by atoms with van der Waals surface area (Å²) in [5.41, 5.74) is 2.04. The summed E-state index contributed by atoms with van der Waals surface area (Å²) >= 11 is 0. The Morgan fingerprint density at radius 2 is 1.72 bits per heavy atom. The molecule has 0 unspecified atom stereocenters. The van der Waals surface area contributed by atoms with Crippen molar-refractivity contribution >= 4 is 27.3 Å². The van der Waals surface area contributed by atoms with Gasteiger partial charge in [-0.3, -0.25) is 4.79 Å². The van der Waals surface area contributed by atoms with Crippen LogP contribution >= 0.6 is 0 Å². The van der Waals surface area contributed by atoms with Crippen molar-refractivity contribution in [2.24, 2.45) is 0 Å². The Bertz CT molecular complexity index is 769. The molecule has 0 saturated carbocycles. The number of fused-ring (bicyclic) bond motifs is 2. The Morgan fingerprint density at radius 1 is 0.889 bits per heavy atom.